The first kappa shape index (κ1) is 70.1. The van der Waals surface area contributed by atoms with Crippen LogP contribution in [0.5, 0.6) is 0 Å². The van der Waals surface area contributed by atoms with Crippen molar-refractivity contribution in [3.05, 3.63) is 167 Å². The molecular formula is C60H87F2KN10O4-2. The summed E-state index contributed by atoms with van der Waals surface area (Å²) in [5, 5.41) is 7.93. The number of hydrogen-bond acceptors (Lipinski definition) is 13. The predicted octanol–water partition coefficient (Wildman–Crippen LogP) is 6.96. The number of carbonyl (C=O) groups excluding carboxylic acids is 2. The minimum Gasteiger partial charge on any atom is -0.870 e. The Hall–Kier alpha value is -4.95. The number of rotatable bonds is 22. The van der Waals surface area contributed by atoms with Gasteiger partial charge in [0.25, 0.3) is 5.91 Å². The maximum absolute atomic E-state index is 16.1. The molecule has 1 fully saturated rings. The second kappa shape index (κ2) is 35.5. The number of aryl methyl sites for hydroxylation is 1. The second-order valence-electron chi connectivity index (χ2n) is 18.2. The number of nitrogens with zero attached hydrogens (tertiary/aromatic N) is 8. The summed E-state index contributed by atoms with van der Waals surface area (Å²) >= 11 is 0. The molecule has 3 aliphatic heterocycles. The predicted molar refractivity (Wildman–Crippen MR) is 312 cm³/mol. The zero-order valence-corrected chi connectivity index (χ0v) is 52.1. The fraction of sp³-hybridized carbons (Fsp3) is 0.433. The molecule has 3 heterocycles. The van der Waals surface area contributed by atoms with Gasteiger partial charge in [-0.2, -0.15) is 6.42 Å². The topological polar surface area (TPSA) is 132 Å². The van der Waals surface area contributed by atoms with Crippen molar-refractivity contribution < 1.29 is 80.1 Å². The van der Waals surface area contributed by atoms with E-state index in [4.69, 9.17) is 4.84 Å². The molecule has 1 amide bonds. The number of aliphatic imine (C=N–C) groups is 1. The zero-order chi connectivity index (χ0) is 55.9. The quantitative estimate of drug-likeness (QED) is 0.0416. The Morgan fingerprint density at radius 2 is 1.71 bits per heavy atom. The third kappa shape index (κ3) is 19.1. The Morgan fingerprint density at radius 1 is 1.04 bits per heavy atom. The molecule has 0 radical (unpaired) electrons. The Kier molecular flexibility index (Phi) is 32.3. The Balaban J connectivity index is 0.00000482. The van der Waals surface area contributed by atoms with Gasteiger partial charge < -0.3 is 47.4 Å². The molecule has 3 aliphatic rings. The van der Waals surface area contributed by atoms with Crippen molar-refractivity contribution in [2.75, 3.05) is 105 Å². The van der Waals surface area contributed by atoms with E-state index in [2.05, 4.69) is 82.5 Å². The van der Waals surface area contributed by atoms with Gasteiger partial charge in [-0.1, -0.05) is 76.8 Å². The van der Waals surface area contributed by atoms with Gasteiger partial charge in [0.1, 0.15) is 11.6 Å². The summed E-state index contributed by atoms with van der Waals surface area (Å²) in [6.07, 6.45) is 19.0. The van der Waals surface area contributed by atoms with Crippen LogP contribution in [0, 0.1) is 19.7 Å². The average Bonchev–Trinajstić information content (AvgIpc) is 3.42. The smallest absolute Gasteiger partial charge is 0.870 e. The van der Waals surface area contributed by atoms with Crippen LogP contribution >= 0.6 is 0 Å². The first-order valence-corrected chi connectivity index (χ1v) is 26.1. The summed E-state index contributed by atoms with van der Waals surface area (Å²) in [5.74, 6) is -0.131. The Morgan fingerprint density at radius 3 is 2.23 bits per heavy atom. The van der Waals surface area contributed by atoms with Gasteiger partial charge in [-0.15, -0.1) is 0 Å². The molecule has 0 aromatic heterocycles. The van der Waals surface area contributed by atoms with Gasteiger partial charge in [0.05, 0.1) is 30.7 Å². The van der Waals surface area contributed by atoms with Crippen molar-refractivity contribution in [1.82, 2.24) is 35.1 Å². The third-order valence-electron chi connectivity index (χ3n) is 13.3. The van der Waals surface area contributed by atoms with Crippen LogP contribution in [0.3, 0.4) is 0 Å². The van der Waals surface area contributed by atoms with Gasteiger partial charge >= 0.3 is 51.4 Å². The molecule has 77 heavy (non-hydrogen) atoms. The SMILES string of the molecule is C=C/C=C(NC)\C(F)=C/N(C)/C(=C/C=NC)C(=C)/C=C(\C)C(C)N1CC=C(c2c(C)cc(C(=O)N(C)C3=CC=C(N4CCN(Cc5ccc(N(OC)C([C-]=O)C[CH2-])c(N(C)C)c5)CC4)NC3)cc2F)CC1.CC.CC.[K+].[OH-]. The van der Waals surface area contributed by atoms with E-state index in [0.29, 0.717) is 60.6 Å². The van der Waals surface area contributed by atoms with Crippen LogP contribution in [0.1, 0.15) is 81.4 Å². The molecule has 5 rings (SSSR count). The van der Waals surface area contributed by atoms with Crippen molar-refractivity contribution >= 4 is 35.4 Å². The van der Waals surface area contributed by atoms with Gasteiger partial charge in [0, 0.05) is 129 Å². The first-order chi connectivity index (χ1) is 36.0. The largest absolute Gasteiger partial charge is 1.00 e. The maximum Gasteiger partial charge on any atom is 1.00 e. The first-order valence-electron chi connectivity index (χ1n) is 26.1. The van der Waals surface area contributed by atoms with Gasteiger partial charge in [-0.25, -0.2) is 15.1 Å². The normalized spacial score (nSPS) is 16.2. The number of benzene rings is 2. The molecule has 2 atom stereocenters. The molecule has 0 aliphatic carbocycles. The Labute approximate surface area is 503 Å². The fourth-order valence-corrected chi connectivity index (χ4v) is 9.08. The number of halogens is 2. The van der Waals surface area contributed by atoms with Crippen LogP contribution in [0.25, 0.3) is 5.57 Å². The second-order valence-corrected chi connectivity index (χ2v) is 18.2. The van der Waals surface area contributed by atoms with E-state index in [1.807, 2.05) is 84.2 Å². The van der Waals surface area contributed by atoms with Crippen molar-refractivity contribution in [1.29, 1.82) is 0 Å². The van der Waals surface area contributed by atoms with E-state index in [1.54, 1.807) is 74.6 Å². The van der Waals surface area contributed by atoms with Gasteiger partial charge in [-0.05, 0) is 98.0 Å². The number of likely N-dealkylation sites (N-methyl/N-ethyl adjacent to an activating group) is 3. The molecule has 2 unspecified atom stereocenters. The summed E-state index contributed by atoms with van der Waals surface area (Å²) in [6.45, 7) is 31.9. The van der Waals surface area contributed by atoms with Crippen LogP contribution in [0.15, 0.2) is 137 Å². The Bertz CT molecular complexity index is 2500. The molecule has 2 aromatic carbocycles. The molecule has 0 bridgehead atoms. The molecule has 14 nitrogen and oxygen atoms in total. The van der Waals surface area contributed by atoms with Crippen molar-refractivity contribution in [3.63, 3.8) is 0 Å². The minimum absolute atomic E-state index is 0. The summed E-state index contributed by atoms with van der Waals surface area (Å²) < 4.78 is 31.2. The number of nitrogens with one attached hydrogen (secondary N) is 2. The number of amides is 1. The fourth-order valence-electron chi connectivity index (χ4n) is 9.08. The number of hydrogen-bond donors (Lipinski definition) is 2. The molecule has 0 saturated carbocycles. The summed E-state index contributed by atoms with van der Waals surface area (Å²) in [7, 11) is 12.3. The monoisotopic (exact) mass is 1090 g/mol. The number of allylic oxidation sites excluding steroid dienone is 7. The van der Waals surface area contributed by atoms with E-state index in [0.717, 1.165) is 77.9 Å². The number of piperazine rings is 1. The van der Waals surface area contributed by atoms with Gasteiger partial charge in [0.15, 0.2) is 5.83 Å². The van der Waals surface area contributed by atoms with Crippen LogP contribution in [0.2, 0.25) is 0 Å². The summed E-state index contributed by atoms with van der Waals surface area (Å²) in [4.78, 5) is 47.5. The van der Waals surface area contributed by atoms with Gasteiger partial charge in [-0.3, -0.25) is 29.5 Å². The summed E-state index contributed by atoms with van der Waals surface area (Å²) in [6, 6.07) is 8.80. The van der Waals surface area contributed by atoms with Crippen molar-refractivity contribution in [3.8, 4) is 0 Å². The van der Waals surface area contributed by atoms with Crippen molar-refractivity contribution in [2.45, 2.75) is 79.9 Å². The van der Waals surface area contributed by atoms with Gasteiger partial charge in [0.2, 0.25) is 0 Å². The average molecular weight is 1090 g/mol. The van der Waals surface area contributed by atoms with Crippen LogP contribution in [-0.4, -0.2) is 156 Å². The third-order valence-corrected chi connectivity index (χ3v) is 13.3. The van der Waals surface area contributed by atoms with Crippen molar-refractivity contribution in [2.24, 2.45) is 4.99 Å². The van der Waals surface area contributed by atoms with Crippen LogP contribution in [0.4, 0.5) is 20.2 Å². The van der Waals surface area contributed by atoms with E-state index in [1.165, 1.54) is 18.3 Å². The van der Waals surface area contributed by atoms with E-state index in [9.17, 15) is 9.59 Å². The molecule has 17 heteroatoms. The molecule has 0 spiro atoms. The number of hydroxylamine groups is 1. The van der Waals surface area contributed by atoms with E-state index < -0.39 is 17.7 Å². The molecule has 3 N–H and O–H groups in total. The van der Waals surface area contributed by atoms with Crippen LogP contribution < -0.4 is 72.0 Å². The standard InChI is InChI=1S/C56H74F2N10O3.2C2H6.K.H2O/c1-14-16-50(60-8)49(58)37-63(11)51(21-24-59-7)40(4)31-39(3)42(6)66-25-22-44(23-26-66)55-41(5)32-45(34-48(55)57)56(70)64(12)47-18-20-54(61-35-47)67-29-27-65(28-30-67)36-43-17-19-52(53(33-43)62(9)10)68(71-13)46(15-2)38-69;2*1-2;;/h14,16-22,24,31-34,37,42,46,60-61H,1-2,4,15,23,25-30,35-36H2,3,5-13H3;2*1-2H3;;1H2/q-2;;;+1;/p-1/b39-31+,49-37+,50-16+,51-21+,59-24?;;;;. The number of dihydropyridines is 1. The number of carbonyl (C=O) groups is 1. The molecule has 418 valence electrons. The van der Waals surface area contributed by atoms with E-state index in [-0.39, 0.29) is 68.8 Å². The van der Waals surface area contributed by atoms with E-state index >= 15 is 8.78 Å². The molecule has 2 aromatic rings. The maximum atomic E-state index is 16.1. The summed E-state index contributed by atoms with van der Waals surface area (Å²) in [5.41, 5.74) is 8.91. The zero-order valence-electron chi connectivity index (χ0n) is 48.9. The number of anilines is 2. The molecular weight excluding hydrogens is 1000 g/mol. The van der Waals surface area contributed by atoms with Crippen LogP contribution in [-0.2, 0) is 16.2 Å². The minimum atomic E-state index is -0.608. The molecule has 1 saturated heterocycles.